The molecule has 0 aromatic carbocycles. The van der Waals surface area contributed by atoms with Gasteiger partial charge < -0.3 is 10.2 Å². The van der Waals surface area contributed by atoms with E-state index in [2.05, 4.69) is 19.2 Å². The second-order valence-corrected chi connectivity index (χ2v) is 5.45. The lowest BCUT2D eigenvalue weighted by molar-refractivity contribution is -0.146. The van der Waals surface area contributed by atoms with Crippen LogP contribution in [0.25, 0.3) is 0 Å². The minimum absolute atomic E-state index is 0.385. The van der Waals surface area contributed by atoms with E-state index < -0.39 is 18.6 Å². The first kappa shape index (κ1) is 15.8. The van der Waals surface area contributed by atoms with Gasteiger partial charge in [-0.3, -0.25) is 0 Å². The molecule has 0 spiro atoms. The monoisotopic (exact) mass is 266 g/mol. The van der Waals surface area contributed by atoms with Crippen LogP contribution in [0.1, 0.15) is 46.5 Å². The van der Waals surface area contributed by atoms with Crippen LogP contribution < -0.4 is 5.32 Å². The van der Waals surface area contributed by atoms with Crippen LogP contribution in [-0.2, 0) is 0 Å². The Kier molecular flexibility index (Phi) is 5.92. The fraction of sp³-hybridized carbons (Fsp3) is 1.00. The molecule has 1 rings (SSSR count). The largest absolute Gasteiger partial charge is 0.390 e. The summed E-state index contributed by atoms with van der Waals surface area (Å²) < 4.78 is 37.3. The zero-order chi connectivity index (χ0) is 13.8. The second kappa shape index (κ2) is 6.75. The number of hydrogen-bond acceptors (Lipinski definition) is 2. The molecule has 18 heavy (non-hydrogen) atoms. The summed E-state index contributed by atoms with van der Waals surface area (Å²) in [5.74, 6) is 0. The molecule has 1 aliphatic rings. The molecule has 0 radical (unpaired) electrons. The van der Waals surface area contributed by atoms with Crippen molar-refractivity contribution < 1.29 is 13.2 Å². The fourth-order valence-corrected chi connectivity index (χ4v) is 2.59. The predicted molar refractivity (Wildman–Crippen MR) is 67.6 cm³/mol. The Bertz CT molecular complexity index is 243. The van der Waals surface area contributed by atoms with Crippen LogP contribution >= 0.6 is 0 Å². The SMILES string of the molecule is CCC1CCN(C(C)CC(F)(F)F)CCC(C)N1. The van der Waals surface area contributed by atoms with E-state index in [9.17, 15) is 13.2 Å². The minimum atomic E-state index is -4.06. The molecule has 3 atom stereocenters. The molecule has 108 valence electrons. The van der Waals surface area contributed by atoms with Gasteiger partial charge in [0.1, 0.15) is 0 Å². The van der Waals surface area contributed by atoms with Gasteiger partial charge in [-0.2, -0.15) is 13.2 Å². The molecule has 0 amide bonds. The third kappa shape index (κ3) is 5.57. The molecule has 5 heteroatoms. The van der Waals surface area contributed by atoms with E-state index in [1.165, 1.54) is 0 Å². The van der Waals surface area contributed by atoms with Crippen molar-refractivity contribution in [1.29, 1.82) is 0 Å². The van der Waals surface area contributed by atoms with Gasteiger partial charge in [-0.05, 0) is 46.2 Å². The van der Waals surface area contributed by atoms with Crippen LogP contribution in [0.15, 0.2) is 0 Å². The Morgan fingerprint density at radius 1 is 1.28 bits per heavy atom. The van der Waals surface area contributed by atoms with Crippen LogP contribution in [0.5, 0.6) is 0 Å². The third-order valence-electron chi connectivity index (χ3n) is 3.78. The van der Waals surface area contributed by atoms with Gasteiger partial charge in [0.05, 0.1) is 6.42 Å². The Hall–Kier alpha value is -0.290. The Morgan fingerprint density at radius 2 is 1.89 bits per heavy atom. The fourth-order valence-electron chi connectivity index (χ4n) is 2.59. The lowest BCUT2D eigenvalue weighted by atomic mass is 10.0. The van der Waals surface area contributed by atoms with Crippen molar-refractivity contribution in [2.45, 2.75) is 70.8 Å². The highest BCUT2D eigenvalue weighted by molar-refractivity contribution is 4.80. The topological polar surface area (TPSA) is 15.3 Å². The molecular weight excluding hydrogens is 241 g/mol. The summed E-state index contributed by atoms with van der Waals surface area (Å²) in [6.07, 6.45) is -1.88. The van der Waals surface area contributed by atoms with Gasteiger partial charge in [-0.1, -0.05) is 6.92 Å². The predicted octanol–water partition coefficient (Wildman–Crippen LogP) is 3.18. The summed E-state index contributed by atoms with van der Waals surface area (Å²) in [6, 6.07) is 0.407. The first-order valence-corrected chi connectivity index (χ1v) is 6.88. The van der Waals surface area contributed by atoms with Gasteiger partial charge >= 0.3 is 6.18 Å². The van der Waals surface area contributed by atoms with Crippen LogP contribution in [0.3, 0.4) is 0 Å². The number of nitrogens with one attached hydrogen (secondary N) is 1. The first-order chi connectivity index (χ1) is 8.31. The summed E-state index contributed by atoms with van der Waals surface area (Å²) in [5.41, 5.74) is 0. The van der Waals surface area contributed by atoms with E-state index in [1.54, 1.807) is 6.92 Å². The summed E-state index contributed by atoms with van der Waals surface area (Å²) in [7, 11) is 0. The van der Waals surface area contributed by atoms with E-state index in [0.717, 1.165) is 32.4 Å². The van der Waals surface area contributed by atoms with E-state index in [-0.39, 0.29) is 0 Å². The van der Waals surface area contributed by atoms with Gasteiger partial charge in [0, 0.05) is 18.1 Å². The Balaban J connectivity index is 2.54. The number of rotatable bonds is 3. The van der Waals surface area contributed by atoms with Crippen LogP contribution in [0, 0.1) is 0 Å². The van der Waals surface area contributed by atoms with Crippen molar-refractivity contribution in [2.24, 2.45) is 0 Å². The molecule has 0 aliphatic carbocycles. The van der Waals surface area contributed by atoms with Crippen molar-refractivity contribution in [3.05, 3.63) is 0 Å². The second-order valence-electron chi connectivity index (χ2n) is 5.45. The molecule has 1 heterocycles. The molecule has 0 aromatic rings. The molecule has 3 unspecified atom stereocenters. The van der Waals surface area contributed by atoms with Gasteiger partial charge in [0.15, 0.2) is 0 Å². The number of alkyl halides is 3. The van der Waals surface area contributed by atoms with Gasteiger partial charge in [0.25, 0.3) is 0 Å². The highest BCUT2D eigenvalue weighted by atomic mass is 19.4. The van der Waals surface area contributed by atoms with Gasteiger partial charge in [-0.25, -0.2) is 0 Å². The van der Waals surface area contributed by atoms with Crippen molar-refractivity contribution in [1.82, 2.24) is 10.2 Å². The highest BCUT2D eigenvalue weighted by Crippen LogP contribution is 2.24. The van der Waals surface area contributed by atoms with Crippen molar-refractivity contribution >= 4 is 0 Å². The highest BCUT2D eigenvalue weighted by Gasteiger charge is 2.33. The first-order valence-electron chi connectivity index (χ1n) is 6.88. The molecular formula is C13H25F3N2. The van der Waals surface area contributed by atoms with E-state index in [0.29, 0.717) is 12.1 Å². The van der Waals surface area contributed by atoms with Crippen molar-refractivity contribution in [3.8, 4) is 0 Å². The molecule has 2 nitrogen and oxygen atoms in total. The minimum Gasteiger partial charge on any atom is -0.311 e. The maximum Gasteiger partial charge on any atom is 0.390 e. The normalized spacial score (nSPS) is 29.7. The number of hydrogen-bond donors (Lipinski definition) is 1. The summed E-state index contributed by atoms with van der Waals surface area (Å²) in [5, 5.41) is 3.53. The molecule has 1 N–H and O–H groups in total. The third-order valence-corrected chi connectivity index (χ3v) is 3.78. The summed E-state index contributed by atoms with van der Waals surface area (Å²) >= 11 is 0. The molecule has 0 aromatic heterocycles. The molecule has 0 bridgehead atoms. The smallest absolute Gasteiger partial charge is 0.311 e. The molecule has 1 aliphatic heterocycles. The Morgan fingerprint density at radius 3 is 2.44 bits per heavy atom. The molecule has 1 fully saturated rings. The van der Waals surface area contributed by atoms with Crippen molar-refractivity contribution in [3.63, 3.8) is 0 Å². The lowest BCUT2D eigenvalue weighted by Crippen LogP contribution is -2.47. The summed E-state index contributed by atoms with van der Waals surface area (Å²) in [4.78, 5) is 1.99. The lowest BCUT2D eigenvalue weighted by Gasteiger charge is -2.35. The maximum absolute atomic E-state index is 12.4. The standard InChI is InChI=1S/C13H25F3N2/c1-4-12-6-8-18(7-5-10(2)17-12)11(3)9-13(14,15)16/h10-12,17H,4-9H2,1-3H3. The quantitative estimate of drug-likeness (QED) is 0.844. The average Bonchev–Trinajstić information content (AvgIpc) is 2.21. The average molecular weight is 266 g/mol. The zero-order valence-corrected chi connectivity index (χ0v) is 11.6. The van der Waals surface area contributed by atoms with E-state index in [4.69, 9.17) is 0 Å². The van der Waals surface area contributed by atoms with Crippen LogP contribution in [0.2, 0.25) is 0 Å². The van der Waals surface area contributed by atoms with Gasteiger partial charge in [0.2, 0.25) is 0 Å². The van der Waals surface area contributed by atoms with Crippen LogP contribution in [0.4, 0.5) is 13.2 Å². The molecule has 1 saturated heterocycles. The van der Waals surface area contributed by atoms with Crippen molar-refractivity contribution in [2.75, 3.05) is 13.1 Å². The van der Waals surface area contributed by atoms with E-state index in [1.807, 2.05) is 4.90 Å². The number of nitrogens with zero attached hydrogens (tertiary/aromatic N) is 1. The van der Waals surface area contributed by atoms with Gasteiger partial charge in [-0.15, -0.1) is 0 Å². The Labute approximate surface area is 108 Å². The summed E-state index contributed by atoms with van der Waals surface area (Å²) in [6.45, 7) is 7.43. The molecule has 0 saturated carbocycles. The van der Waals surface area contributed by atoms with Crippen LogP contribution in [-0.4, -0.2) is 42.3 Å². The maximum atomic E-state index is 12.4. The van der Waals surface area contributed by atoms with E-state index >= 15 is 0 Å². The number of halogens is 3. The zero-order valence-electron chi connectivity index (χ0n) is 11.6.